The number of non-ortho nitro benzene ring substituents is 1. The number of amides is 1. The number of benzene rings is 2. The van der Waals surface area contributed by atoms with E-state index in [-0.39, 0.29) is 23.1 Å². The number of ketones is 1. The van der Waals surface area contributed by atoms with Gasteiger partial charge in [0.05, 0.1) is 22.6 Å². The molecule has 2 aromatic rings. The van der Waals surface area contributed by atoms with Crippen molar-refractivity contribution in [3.8, 4) is 5.75 Å². The minimum atomic E-state index is -0.852. The van der Waals surface area contributed by atoms with Crippen LogP contribution in [-0.4, -0.2) is 64.8 Å². The van der Waals surface area contributed by atoms with Crippen LogP contribution in [0.15, 0.2) is 54.1 Å². The summed E-state index contributed by atoms with van der Waals surface area (Å²) >= 11 is 0. The fourth-order valence-corrected chi connectivity index (χ4v) is 3.91. The van der Waals surface area contributed by atoms with Crippen LogP contribution < -0.4 is 4.74 Å². The molecule has 0 radical (unpaired) electrons. The number of carbonyl (C=O) groups is 2. The van der Waals surface area contributed by atoms with Crippen LogP contribution >= 0.6 is 0 Å². The molecule has 9 heteroatoms. The number of likely N-dealkylation sites (tertiary alicyclic amines) is 1. The highest BCUT2D eigenvalue weighted by atomic mass is 16.6. The lowest BCUT2D eigenvalue weighted by atomic mass is 9.95. The van der Waals surface area contributed by atoms with Gasteiger partial charge in [0.1, 0.15) is 11.5 Å². The monoisotopic (exact) mass is 467 g/mol. The largest absolute Gasteiger partial charge is 0.507 e. The molecular formula is C25H29N3O6. The first-order valence-corrected chi connectivity index (χ1v) is 11.0. The second-order valence-corrected chi connectivity index (χ2v) is 8.69. The number of nitrogens with zero attached hydrogens (tertiary/aromatic N) is 3. The van der Waals surface area contributed by atoms with Crippen LogP contribution in [0.1, 0.15) is 37.4 Å². The third kappa shape index (κ3) is 5.43. The molecule has 1 atom stereocenters. The Morgan fingerprint density at radius 2 is 1.74 bits per heavy atom. The van der Waals surface area contributed by atoms with Crippen molar-refractivity contribution in [2.24, 2.45) is 0 Å². The standard InChI is InChI=1S/C25H29N3O6/c1-16(2)34-20-12-8-18(9-13-20)23(29)21-22(17-6-10-19(11-7-17)28(32)33)27(25(31)24(21)30)15-5-14-26(3)4/h6-13,16,22,29H,5,14-15H2,1-4H3/b23-21-. The molecule has 34 heavy (non-hydrogen) atoms. The summed E-state index contributed by atoms with van der Waals surface area (Å²) in [5.74, 6) is -1.17. The van der Waals surface area contributed by atoms with Crippen molar-refractivity contribution < 1.29 is 24.4 Å². The molecule has 9 nitrogen and oxygen atoms in total. The summed E-state index contributed by atoms with van der Waals surface area (Å²) in [6.07, 6.45) is 0.596. The lowest BCUT2D eigenvalue weighted by Gasteiger charge is -2.26. The van der Waals surface area contributed by atoms with Gasteiger partial charge in [0.15, 0.2) is 0 Å². The second kappa shape index (κ2) is 10.5. The number of nitro groups is 1. The Hall–Kier alpha value is -3.72. The van der Waals surface area contributed by atoms with Gasteiger partial charge in [0.25, 0.3) is 17.4 Å². The topological polar surface area (TPSA) is 113 Å². The smallest absolute Gasteiger partial charge is 0.295 e. The maximum atomic E-state index is 13.0. The molecule has 0 aliphatic carbocycles. The van der Waals surface area contributed by atoms with E-state index in [9.17, 15) is 24.8 Å². The molecule has 0 spiro atoms. The van der Waals surface area contributed by atoms with Crippen LogP contribution in [0.4, 0.5) is 5.69 Å². The summed E-state index contributed by atoms with van der Waals surface area (Å²) in [6, 6.07) is 11.4. The number of nitro benzene ring substituents is 1. The first-order valence-electron chi connectivity index (χ1n) is 11.0. The Kier molecular flexibility index (Phi) is 7.68. The Labute approximate surface area is 198 Å². The van der Waals surface area contributed by atoms with E-state index in [2.05, 4.69) is 0 Å². The van der Waals surface area contributed by atoms with E-state index in [0.29, 0.717) is 36.4 Å². The van der Waals surface area contributed by atoms with Crippen molar-refractivity contribution in [2.75, 3.05) is 27.2 Å². The molecule has 1 fully saturated rings. The maximum Gasteiger partial charge on any atom is 0.295 e. The van der Waals surface area contributed by atoms with Gasteiger partial charge in [-0.2, -0.15) is 0 Å². The fourth-order valence-electron chi connectivity index (χ4n) is 3.91. The zero-order valence-corrected chi connectivity index (χ0v) is 19.7. The molecule has 1 N–H and O–H groups in total. The average molecular weight is 468 g/mol. The highest BCUT2D eigenvalue weighted by Crippen LogP contribution is 2.40. The molecule has 1 aliphatic rings. The molecule has 1 saturated heterocycles. The summed E-state index contributed by atoms with van der Waals surface area (Å²) in [4.78, 5) is 40.0. The van der Waals surface area contributed by atoms with Gasteiger partial charge in [-0.15, -0.1) is 0 Å². The second-order valence-electron chi connectivity index (χ2n) is 8.69. The SMILES string of the molecule is CC(C)Oc1ccc(/C(O)=C2/C(=O)C(=O)N(CCCN(C)C)C2c2ccc([N+](=O)[O-])cc2)cc1. The summed E-state index contributed by atoms with van der Waals surface area (Å²) in [5, 5.41) is 22.2. The number of hydrogen-bond acceptors (Lipinski definition) is 7. The Balaban J connectivity index is 2.05. The molecule has 1 aliphatic heterocycles. The normalized spacial score (nSPS) is 17.6. The number of hydrogen-bond donors (Lipinski definition) is 1. The van der Waals surface area contributed by atoms with Gasteiger partial charge in [0.2, 0.25) is 0 Å². The van der Waals surface area contributed by atoms with Crippen molar-refractivity contribution in [2.45, 2.75) is 32.4 Å². The van der Waals surface area contributed by atoms with Gasteiger partial charge in [-0.3, -0.25) is 19.7 Å². The molecule has 1 amide bonds. The van der Waals surface area contributed by atoms with E-state index in [1.807, 2.05) is 32.8 Å². The van der Waals surface area contributed by atoms with Gasteiger partial charge >= 0.3 is 0 Å². The predicted octanol–water partition coefficient (Wildman–Crippen LogP) is 3.76. The maximum absolute atomic E-state index is 13.0. The first-order chi connectivity index (χ1) is 16.1. The Morgan fingerprint density at radius 3 is 2.26 bits per heavy atom. The minimum Gasteiger partial charge on any atom is -0.507 e. The van der Waals surface area contributed by atoms with Crippen LogP contribution in [0.3, 0.4) is 0 Å². The van der Waals surface area contributed by atoms with Crippen LogP contribution in [0.25, 0.3) is 5.76 Å². The van der Waals surface area contributed by atoms with Gasteiger partial charge in [-0.25, -0.2) is 0 Å². The summed E-state index contributed by atoms with van der Waals surface area (Å²) in [7, 11) is 3.82. The van der Waals surface area contributed by atoms with E-state index in [0.717, 1.165) is 0 Å². The van der Waals surface area contributed by atoms with Gasteiger partial charge in [-0.1, -0.05) is 0 Å². The van der Waals surface area contributed by atoms with E-state index < -0.39 is 22.7 Å². The molecule has 0 aromatic heterocycles. The van der Waals surface area contributed by atoms with Crippen LogP contribution in [0.2, 0.25) is 0 Å². The van der Waals surface area contributed by atoms with E-state index in [4.69, 9.17) is 4.74 Å². The van der Waals surface area contributed by atoms with Gasteiger partial charge < -0.3 is 19.6 Å². The molecule has 180 valence electrons. The van der Waals surface area contributed by atoms with Crippen LogP contribution in [0, 0.1) is 10.1 Å². The molecule has 1 unspecified atom stereocenters. The molecule has 0 bridgehead atoms. The summed E-state index contributed by atoms with van der Waals surface area (Å²) < 4.78 is 5.63. The number of aliphatic hydroxyl groups excluding tert-OH is 1. The van der Waals surface area contributed by atoms with Gasteiger partial charge in [0, 0.05) is 24.2 Å². The molecule has 0 saturated carbocycles. The summed E-state index contributed by atoms with van der Waals surface area (Å²) in [5.41, 5.74) is 0.737. The van der Waals surface area contributed by atoms with Crippen molar-refractivity contribution in [1.29, 1.82) is 0 Å². The van der Waals surface area contributed by atoms with E-state index in [1.54, 1.807) is 24.3 Å². The predicted molar refractivity (Wildman–Crippen MR) is 127 cm³/mol. The van der Waals surface area contributed by atoms with Crippen molar-refractivity contribution in [3.63, 3.8) is 0 Å². The molecule has 3 rings (SSSR count). The number of Topliss-reactive ketones (excluding diaryl/α,β-unsaturated/α-hetero) is 1. The van der Waals surface area contributed by atoms with Crippen molar-refractivity contribution in [3.05, 3.63) is 75.3 Å². The summed E-state index contributed by atoms with van der Waals surface area (Å²) in [6.45, 7) is 4.79. The lowest BCUT2D eigenvalue weighted by Crippen LogP contribution is -2.32. The Bertz CT molecular complexity index is 1090. The minimum absolute atomic E-state index is 0.0194. The van der Waals surface area contributed by atoms with E-state index >= 15 is 0 Å². The number of rotatable bonds is 9. The zero-order chi connectivity index (χ0) is 25.0. The first kappa shape index (κ1) is 24.9. The lowest BCUT2D eigenvalue weighted by molar-refractivity contribution is -0.384. The fraction of sp³-hybridized carbons (Fsp3) is 0.360. The number of aliphatic hydroxyl groups is 1. The van der Waals surface area contributed by atoms with Crippen LogP contribution in [-0.2, 0) is 9.59 Å². The van der Waals surface area contributed by atoms with Gasteiger partial charge in [-0.05, 0) is 82.9 Å². The highest BCUT2D eigenvalue weighted by molar-refractivity contribution is 6.46. The molecule has 1 heterocycles. The quantitative estimate of drug-likeness (QED) is 0.196. The Morgan fingerprint density at radius 1 is 1.12 bits per heavy atom. The number of ether oxygens (including phenoxy) is 1. The molecule has 2 aromatic carbocycles. The average Bonchev–Trinajstić information content (AvgIpc) is 3.03. The third-order valence-corrected chi connectivity index (χ3v) is 5.46. The van der Waals surface area contributed by atoms with E-state index in [1.165, 1.54) is 29.2 Å². The highest BCUT2D eigenvalue weighted by Gasteiger charge is 2.45. The number of carbonyl (C=O) groups excluding carboxylic acids is 2. The zero-order valence-electron chi connectivity index (χ0n) is 19.7. The molecular weight excluding hydrogens is 438 g/mol. The van der Waals surface area contributed by atoms with Crippen molar-refractivity contribution in [1.82, 2.24) is 9.80 Å². The van der Waals surface area contributed by atoms with Crippen molar-refractivity contribution >= 4 is 23.1 Å². The third-order valence-electron chi connectivity index (χ3n) is 5.46. The van der Waals surface area contributed by atoms with Crippen LogP contribution in [0.5, 0.6) is 5.75 Å².